The molecule has 0 bridgehead atoms. The molecule has 2 nitrogen and oxygen atoms in total. The fourth-order valence-electron chi connectivity index (χ4n) is 0.851. The largest absolute Gasteiger partial charge is 0.206 e. The van der Waals surface area contributed by atoms with Crippen molar-refractivity contribution in [2.45, 2.75) is 6.42 Å². The van der Waals surface area contributed by atoms with Gasteiger partial charge in [0.15, 0.2) is 0 Å². The van der Waals surface area contributed by atoms with E-state index in [1.54, 1.807) is 12.1 Å². The van der Waals surface area contributed by atoms with Gasteiger partial charge in [0, 0.05) is 0 Å². The van der Waals surface area contributed by atoms with E-state index in [1.807, 2.05) is 6.07 Å². The molecule has 0 aliphatic carbocycles. The maximum absolute atomic E-state index is 12.8. The quantitative estimate of drug-likeness (QED) is 0.628. The maximum atomic E-state index is 12.8. The van der Waals surface area contributed by atoms with E-state index in [4.69, 9.17) is 10.5 Å². The second-order valence-electron chi connectivity index (χ2n) is 2.26. The molecule has 1 aromatic carbocycles. The molecule has 0 radical (unpaired) electrons. The van der Waals surface area contributed by atoms with Gasteiger partial charge in [-0.1, -0.05) is 6.07 Å². The number of hydrogen-bond donors (Lipinski definition) is 0. The van der Waals surface area contributed by atoms with Gasteiger partial charge in [0.2, 0.25) is 0 Å². The monoisotopic (exact) mass is 160 g/mol. The lowest BCUT2D eigenvalue weighted by atomic mass is 10.1. The van der Waals surface area contributed by atoms with Crippen LogP contribution < -0.4 is 0 Å². The van der Waals surface area contributed by atoms with Crippen molar-refractivity contribution in [2.24, 2.45) is 0 Å². The van der Waals surface area contributed by atoms with Crippen molar-refractivity contribution in [3.8, 4) is 12.1 Å². The third-order valence-electron chi connectivity index (χ3n) is 1.44. The van der Waals surface area contributed by atoms with Crippen LogP contribution in [0.5, 0.6) is 0 Å². The van der Waals surface area contributed by atoms with Crippen molar-refractivity contribution in [1.29, 1.82) is 10.5 Å². The molecular formula is C9H5FN2. The zero-order chi connectivity index (χ0) is 8.97. The molecule has 1 rings (SSSR count). The molecule has 0 atom stereocenters. The molecule has 0 aromatic heterocycles. The first-order chi connectivity index (χ1) is 5.77. The van der Waals surface area contributed by atoms with Crippen molar-refractivity contribution in [3.63, 3.8) is 0 Å². The molecule has 0 spiro atoms. The van der Waals surface area contributed by atoms with Crippen LogP contribution in [0.25, 0.3) is 0 Å². The lowest BCUT2D eigenvalue weighted by Crippen LogP contribution is -1.87. The van der Waals surface area contributed by atoms with Crippen LogP contribution in [0.4, 0.5) is 4.39 Å². The fourth-order valence-corrected chi connectivity index (χ4v) is 0.851. The minimum atomic E-state index is -0.565. The standard InChI is InChI=1S/C9H5FN2/c10-9-5-7(3-4-11)1-2-8(9)6-12/h1-2,5H,3H2. The molecule has 0 amide bonds. The van der Waals surface area contributed by atoms with E-state index in [0.29, 0.717) is 5.56 Å². The normalized spacial score (nSPS) is 8.58. The molecule has 58 valence electrons. The van der Waals surface area contributed by atoms with E-state index in [0.717, 1.165) is 0 Å². The molecule has 0 fully saturated rings. The molecule has 0 saturated carbocycles. The molecule has 0 unspecified atom stereocenters. The second-order valence-corrected chi connectivity index (χ2v) is 2.26. The maximum Gasteiger partial charge on any atom is 0.141 e. The molecule has 12 heavy (non-hydrogen) atoms. The topological polar surface area (TPSA) is 47.6 Å². The van der Waals surface area contributed by atoms with Crippen LogP contribution in [-0.4, -0.2) is 0 Å². The van der Waals surface area contributed by atoms with Gasteiger partial charge < -0.3 is 0 Å². The Morgan fingerprint density at radius 3 is 2.58 bits per heavy atom. The first-order valence-electron chi connectivity index (χ1n) is 3.33. The molecule has 1 aromatic rings. The number of rotatable bonds is 1. The Morgan fingerprint density at radius 2 is 2.08 bits per heavy atom. The number of nitriles is 2. The van der Waals surface area contributed by atoms with Gasteiger partial charge in [-0.05, 0) is 17.7 Å². The van der Waals surface area contributed by atoms with Crippen LogP contribution in [-0.2, 0) is 6.42 Å². The highest BCUT2D eigenvalue weighted by atomic mass is 19.1. The Labute approximate surface area is 69.5 Å². The molecule has 3 heteroatoms. The van der Waals surface area contributed by atoms with E-state index >= 15 is 0 Å². The summed E-state index contributed by atoms with van der Waals surface area (Å²) < 4.78 is 12.8. The highest BCUT2D eigenvalue weighted by Crippen LogP contribution is 2.09. The second kappa shape index (κ2) is 3.50. The fraction of sp³-hybridized carbons (Fsp3) is 0.111. The molecule has 0 aliphatic rings. The van der Waals surface area contributed by atoms with Crippen LogP contribution in [0.1, 0.15) is 11.1 Å². The van der Waals surface area contributed by atoms with Crippen molar-refractivity contribution < 1.29 is 4.39 Å². The Balaban J connectivity index is 3.06. The summed E-state index contributed by atoms with van der Waals surface area (Å²) in [5.74, 6) is -0.565. The SMILES string of the molecule is N#CCc1ccc(C#N)c(F)c1. The van der Waals surface area contributed by atoms with Gasteiger partial charge in [0.25, 0.3) is 0 Å². The van der Waals surface area contributed by atoms with E-state index in [1.165, 1.54) is 12.1 Å². The molecule has 0 N–H and O–H groups in total. The number of nitrogens with zero attached hydrogens (tertiary/aromatic N) is 2. The van der Waals surface area contributed by atoms with Crippen molar-refractivity contribution in [1.82, 2.24) is 0 Å². The Hall–Kier alpha value is -1.87. The van der Waals surface area contributed by atoms with E-state index in [9.17, 15) is 4.39 Å². The van der Waals surface area contributed by atoms with Crippen LogP contribution in [0.15, 0.2) is 18.2 Å². The van der Waals surface area contributed by atoms with Crippen molar-refractivity contribution >= 4 is 0 Å². The minimum Gasteiger partial charge on any atom is -0.206 e. The van der Waals surface area contributed by atoms with Crippen LogP contribution >= 0.6 is 0 Å². The number of halogens is 1. The molecule has 0 aliphatic heterocycles. The zero-order valence-electron chi connectivity index (χ0n) is 6.21. The van der Waals surface area contributed by atoms with Crippen molar-refractivity contribution in [2.75, 3.05) is 0 Å². The van der Waals surface area contributed by atoms with E-state index in [2.05, 4.69) is 0 Å². The van der Waals surface area contributed by atoms with Gasteiger partial charge in [-0.15, -0.1) is 0 Å². The Morgan fingerprint density at radius 1 is 1.33 bits per heavy atom. The summed E-state index contributed by atoms with van der Waals surface area (Å²) in [7, 11) is 0. The van der Waals surface area contributed by atoms with Crippen LogP contribution in [0, 0.1) is 28.5 Å². The lowest BCUT2D eigenvalue weighted by Gasteiger charge is -1.95. The zero-order valence-corrected chi connectivity index (χ0v) is 6.21. The predicted octanol–water partition coefficient (Wildman–Crippen LogP) is 1.76. The number of benzene rings is 1. The Kier molecular flexibility index (Phi) is 2.40. The molecule has 0 saturated heterocycles. The summed E-state index contributed by atoms with van der Waals surface area (Å²) in [6.45, 7) is 0. The molecule has 0 heterocycles. The summed E-state index contributed by atoms with van der Waals surface area (Å²) in [5, 5.41) is 16.7. The summed E-state index contributed by atoms with van der Waals surface area (Å²) in [5.41, 5.74) is 0.602. The summed E-state index contributed by atoms with van der Waals surface area (Å²) in [4.78, 5) is 0. The average Bonchev–Trinajstić information content (AvgIpc) is 2.05. The van der Waals surface area contributed by atoms with Crippen molar-refractivity contribution in [3.05, 3.63) is 35.1 Å². The summed E-state index contributed by atoms with van der Waals surface area (Å²) >= 11 is 0. The third-order valence-corrected chi connectivity index (χ3v) is 1.44. The highest BCUT2D eigenvalue weighted by molar-refractivity contribution is 5.34. The van der Waals surface area contributed by atoms with Gasteiger partial charge in [-0.3, -0.25) is 0 Å². The predicted molar refractivity (Wildman–Crippen MR) is 40.4 cm³/mol. The average molecular weight is 160 g/mol. The third kappa shape index (κ3) is 1.59. The summed E-state index contributed by atoms with van der Waals surface area (Å²) in [6, 6.07) is 7.77. The van der Waals surface area contributed by atoms with Gasteiger partial charge in [0.05, 0.1) is 18.1 Å². The first-order valence-corrected chi connectivity index (χ1v) is 3.33. The first kappa shape index (κ1) is 8.23. The Bertz CT molecular complexity index is 371. The van der Waals surface area contributed by atoms with Gasteiger partial charge in [-0.25, -0.2) is 4.39 Å². The lowest BCUT2D eigenvalue weighted by molar-refractivity contribution is 0.622. The van der Waals surface area contributed by atoms with E-state index < -0.39 is 5.82 Å². The van der Waals surface area contributed by atoms with Crippen LogP contribution in [0.3, 0.4) is 0 Å². The van der Waals surface area contributed by atoms with Gasteiger partial charge in [0.1, 0.15) is 11.9 Å². The summed E-state index contributed by atoms with van der Waals surface area (Å²) in [6.07, 6.45) is 0.169. The number of hydrogen-bond acceptors (Lipinski definition) is 2. The van der Waals surface area contributed by atoms with Gasteiger partial charge in [-0.2, -0.15) is 10.5 Å². The molecular weight excluding hydrogens is 155 g/mol. The minimum absolute atomic E-state index is 0.0108. The van der Waals surface area contributed by atoms with Crippen LogP contribution in [0.2, 0.25) is 0 Å². The van der Waals surface area contributed by atoms with E-state index in [-0.39, 0.29) is 12.0 Å². The highest BCUT2D eigenvalue weighted by Gasteiger charge is 2.01. The van der Waals surface area contributed by atoms with Gasteiger partial charge >= 0.3 is 0 Å². The smallest absolute Gasteiger partial charge is 0.141 e.